The van der Waals surface area contributed by atoms with Gasteiger partial charge < -0.3 is 10.1 Å². The molecule has 0 aliphatic carbocycles. The molecule has 0 spiro atoms. The van der Waals surface area contributed by atoms with Gasteiger partial charge in [-0.2, -0.15) is 10.5 Å². The normalized spacial score (nSPS) is 9.45. The quantitative estimate of drug-likeness (QED) is 0.862. The fourth-order valence-electron chi connectivity index (χ4n) is 1.84. The summed E-state index contributed by atoms with van der Waals surface area (Å²) in [6.07, 6.45) is 0. The Balaban J connectivity index is 2.60. The maximum Gasteiger partial charge on any atom is 0.344 e. The smallest absolute Gasteiger partial charge is 0.344 e. The summed E-state index contributed by atoms with van der Waals surface area (Å²) in [5.74, 6) is -0.906. The van der Waals surface area contributed by atoms with Crippen LogP contribution in [0, 0.1) is 29.6 Å². The highest BCUT2D eigenvalue weighted by molar-refractivity contribution is 5.97. The molecule has 2 aromatic rings. The Hall–Kier alpha value is -3.45. The third-order valence-electron chi connectivity index (χ3n) is 2.79. The number of carbonyl (C=O) groups is 1. The molecule has 1 heterocycles. The molecule has 0 aliphatic heterocycles. The minimum absolute atomic E-state index is 0.0561. The Bertz CT molecular complexity index is 818. The monoisotopic (exact) mass is 293 g/mol. The van der Waals surface area contributed by atoms with Crippen LogP contribution < -0.4 is 5.32 Å². The molecule has 1 aromatic heterocycles. The molecule has 0 aliphatic rings. The molecule has 7 nitrogen and oxygen atoms in total. The zero-order valence-corrected chi connectivity index (χ0v) is 11.9. The number of nitrogens with zero attached hydrogens (tertiary/aromatic N) is 4. The second kappa shape index (κ2) is 6.33. The van der Waals surface area contributed by atoms with Crippen LogP contribution in [0.25, 0.3) is 0 Å². The summed E-state index contributed by atoms with van der Waals surface area (Å²) in [4.78, 5) is 19.6. The lowest BCUT2D eigenvalue weighted by atomic mass is 10.2. The van der Waals surface area contributed by atoms with Crippen LogP contribution in [0.1, 0.15) is 27.4 Å². The molecule has 0 fully saturated rings. The minimum atomic E-state index is -0.754. The number of anilines is 2. The first-order chi connectivity index (χ1) is 10.6. The van der Waals surface area contributed by atoms with Crippen molar-refractivity contribution >= 4 is 17.5 Å². The van der Waals surface area contributed by atoms with Crippen LogP contribution in [0.4, 0.5) is 11.5 Å². The molecule has 0 bridgehead atoms. The van der Waals surface area contributed by atoms with E-state index in [1.165, 1.54) is 7.11 Å². The first-order valence-corrected chi connectivity index (χ1v) is 6.23. The molecule has 2 rings (SSSR count). The van der Waals surface area contributed by atoms with Crippen LogP contribution in [-0.2, 0) is 4.74 Å². The minimum Gasteiger partial charge on any atom is -0.465 e. The Morgan fingerprint density at radius 3 is 2.64 bits per heavy atom. The SMILES string of the molecule is COC(=O)c1c(C#N)nc(C#N)nc1Nc1cccc(C)c1. The van der Waals surface area contributed by atoms with Crippen molar-refractivity contribution in [3.05, 3.63) is 46.9 Å². The van der Waals surface area contributed by atoms with E-state index in [-0.39, 0.29) is 22.9 Å². The molecular formula is C15H11N5O2. The molecule has 1 N–H and O–H groups in total. The Kier molecular flexibility index (Phi) is 4.30. The zero-order chi connectivity index (χ0) is 16.1. The number of nitriles is 2. The van der Waals surface area contributed by atoms with Crippen molar-refractivity contribution in [2.75, 3.05) is 12.4 Å². The lowest BCUT2D eigenvalue weighted by Crippen LogP contribution is -2.13. The number of methoxy groups -OCH3 is 1. The van der Waals surface area contributed by atoms with Crippen LogP contribution in [0.15, 0.2) is 24.3 Å². The number of ether oxygens (including phenoxy) is 1. The van der Waals surface area contributed by atoms with Gasteiger partial charge >= 0.3 is 5.97 Å². The molecular weight excluding hydrogens is 282 g/mol. The van der Waals surface area contributed by atoms with Crippen molar-refractivity contribution in [2.24, 2.45) is 0 Å². The summed E-state index contributed by atoms with van der Waals surface area (Å²) in [5.41, 5.74) is 1.34. The van der Waals surface area contributed by atoms with E-state index in [1.54, 1.807) is 18.2 Å². The summed E-state index contributed by atoms with van der Waals surface area (Å²) in [6, 6.07) is 10.9. The maximum atomic E-state index is 11.9. The number of aryl methyl sites for hydroxylation is 1. The maximum absolute atomic E-state index is 11.9. The van der Waals surface area contributed by atoms with Gasteiger partial charge in [0.05, 0.1) is 7.11 Å². The number of esters is 1. The number of rotatable bonds is 3. The Labute approximate surface area is 126 Å². The summed E-state index contributed by atoms with van der Waals surface area (Å²) >= 11 is 0. The van der Waals surface area contributed by atoms with E-state index in [1.807, 2.05) is 25.1 Å². The van der Waals surface area contributed by atoms with Crippen LogP contribution in [0.5, 0.6) is 0 Å². The highest BCUT2D eigenvalue weighted by Gasteiger charge is 2.22. The van der Waals surface area contributed by atoms with E-state index >= 15 is 0 Å². The van der Waals surface area contributed by atoms with Crippen LogP contribution in [0.3, 0.4) is 0 Å². The van der Waals surface area contributed by atoms with Crippen molar-refractivity contribution in [1.29, 1.82) is 10.5 Å². The van der Waals surface area contributed by atoms with E-state index in [0.717, 1.165) is 5.56 Å². The lowest BCUT2D eigenvalue weighted by molar-refractivity contribution is 0.0600. The fraction of sp³-hybridized carbons (Fsp3) is 0.133. The molecule has 0 amide bonds. The molecule has 0 saturated carbocycles. The van der Waals surface area contributed by atoms with E-state index in [9.17, 15) is 4.79 Å². The van der Waals surface area contributed by atoms with E-state index in [0.29, 0.717) is 5.69 Å². The van der Waals surface area contributed by atoms with Gasteiger partial charge in [-0.1, -0.05) is 12.1 Å². The van der Waals surface area contributed by atoms with Crippen molar-refractivity contribution in [3.63, 3.8) is 0 Å². The lowest BCUT2D eigenvalue weighted by Gasteiger charge is -2.11. The van der Waals surface area contributed by atoms with Crippen LogP contribution in [0.2, 0.25) is 0 Å². The molecule has 22 heavy (non-hydrogen) atoms. The molecule has 0 atom stereocenters. The van der Waals surface area contributed by atoms with Gasteiger partial charge in [0, 0.05) is 5.69 Å². The van der Waals surface area contributed by atoms with Crippen molar-refractivity contribution in [1.82, 2.24) is 9.97 Å². The molecule has 7 heteroatoms. The van der Waals surface area contributed by atoms with Crippen LogP contribution >= 0.6 is 0 Å². The standard InChI is InChI=1S/C15H11N5O2/c1-9-4-3-5-10(6-9)18-14-13(15(21)22-2)11(7-16)19-12(8-17)20-14/h3-6H,1-2H3,(H,18,19,20). The average molecular weight is 293 g/mol. The van der Waals surface area contributed by atoms with Crippen LogP contribution in [-0.4, -0.2) is 23.0 Å². The molecule has 0 unspecified atom stereocenters. The van der Waals surface area contributed by atoms with Gasteiger partial charge in [-0.05, 0) is 24.6 Å². The first-order valence-electron chi connectivity index (χ1n) is 6.23. The molecule has 0 saturated heterocycles. The predicted molar refractivity (Wildman–Crippen MR) is 77.3 cm³/mol. The zero-order valence-electron chi connectivity index (χ0n) is 11.9. The topological polar surface area (TPSA) is 112 Å². The van der Waals surface area contributed by atoms with Crippen molar-refractivity contribution < 1.29 is 9.53 Å². The highest BCUT2D eigenvalue weighted by atomic mass is 16.5. The third-order valence-corrected chi connectivity index (χ3v) is 2.79. The number of hydrogen-bond acceptors (Lipinski definition) is 7. The number of carbonyl (C=O) groups excluding carboxylic acids is 1. The summed E-state index contributed by atoms with van der Waals surface area (Å²) in [7, 11) is 1.19. The van der Waals surface area contributed by atoms with E-state index in [4.69, 9.17) is 10.5 Å². The van der Waals surface area contributed by atoms with Gasteiger partial charge in [0.2, 0.25) is 5.82 Å². The molecule has 108 valence electrons. The van der Waals surface area contributed by atoms with Gasteiger partial charge in [-0.3, -0.25) is 0 Å². The number of nitrogens with one attached hydrogen (secondary N) is 1. The Morgan fingerprint density at radius 2 is 2.05 bits per heavy atom. The second-order valence-corrected chi connectivity index (χ2v) is 4.33. The van der Waals surface area contributed by atoms with E-state index in [2.05, 4.69) is 20.0 Å². The van der Waals surface area contributed by atoms with Gasteiger partial charge in [-0.15, -0.1) is 0 Å². The average Bonchev–Trinajstić information content (AvgIpc) is 2.53. The first kappa shape index (κ1) is 14.9. The number of hydrogen-bond donors (Lipinski definition) is 1. The third kappa shape index (κ3) is 3.00. The molecule has 0 radical (unpaired) electrons. The number of benzene rings is 1. The van der Waals surface area contributed by atoms with Gasteiger partial charge in [0.1, 0.15) is 17.7 Å². The van der Waals surface area contributed by atoms with Crippen molar-refractivity contribution in [3.8, 4) is 12.1 Å². The number of aromatic nitrogens is 2. The largest absolute Gasteiger partial charge is 0.465 e. The second-order valence-electron chi connectivity index (χ2n) is 4.33. The summed E-state index contributed by atoms with van der Waals surface area (Å²) < 4.78 is 4.66. The highest BCUT2D eigenvalue weighted by Crippen LogP contribution is 2.22. The molecule has 1 aromatic carbocycles. The van der Waals surface area contributed by atoms with Gasteiger partial charge in [0.15, 0.2) is 11.5 Å². The summed E-state index contributed by atoms with van der Waals surface area (Å²) in [6.45, 7) is 1.91. The fourth-order valence-corrected chi connectivity index (χ4v) is 1.84. The van der Waals surface area contributed by atoms with Crippen molar-refractivity contribution in [2.45, 2.75) is 6.92 Å². The van der Waals surface area contributed by atoms with E-state index < -0.39 is 5.97 Å². The summed E-state index contributed by atoms with van der Waals surface area (Å²) in [5, 5.41) is 21.0. The van der Waals surface area contributed by atoms with Gasteiger partial charge in [0.25, 0.3) is 0 Å². The predicted octanol–water partition coefficient (Wildman–Crippen LogP) is 2.06. The Morgan fingerprint density at radius 1 is 1.27 bits per heavy atom. The van der Waals surface area contributed by atoms with Gasteiger partial charge in [-0.25, -0.2) is 14.8 Å².